The summed E-state index contributed by atoms with van der Waals surface area (Å²) in [6.45, 7) is 1.18. The van der Waals surface area contributed by atoms with Gasteiger partial charge in [-0.25, -0.2) is 9.78 Å². The minimum absolute atomic E-state index is 0.163. The third-order valence-electron chi connectivity index (χ3n) is 2.30. The number of esters is 1. The zero-order valence-corrected chi connectivity index (χ0v) is 9.80. The van der Waals surface area contributed by atoms with Crippen molar-refractivity contribution < 1.29 is 19.7 Å². The molecule has 0 saturated heterocycles. The molecular weight excluding hydrogens is 224 g/mol. The molecule has 0 aliphatic carbocycles. The van der Waals surface area contributed by atoms with Crippen molar-refractivity contribution in [3.63, 3.8) is 0 Å². The lowest BCUT2D eigenvalue weighted by atomic mass is 10.1. The second-order valence-corrected chi connectivity index (χ2v) is 3.92. The summed E-state index contributed by atoms with van der Waals surface area (Å²) in [4.78, 5) is 15.1. The zero-order valence-electron chi connectivity index (χ0n) is 9.80. The van der Waals surface area contributed by atoms with E-state index in [2.05, 4.69) is 15.0 Å². The highest BCUT2D eigenvalue weighted by molar-refractivity contribution is 5.88. The Morgan fingerprint density at radius 3 is 2.71 bits per heavy atom. The van der Waals surface area contributed by atoms with Crippen molar-refractivity contribution in [2.75, 3.05) is 25.6 Å². The predicted octanol–water partition coefficient (Wildman–Crippen LogP) is 0.0234. The van der Waals surface area contributed by atoms with Crippen molar-refractivity contribution >= 4 is 11.7 Å². The summed E-state index contributed by atoms with van der Waals surface area (Å²) in [6, 6.07) is 3.13. The average Bonchev–Trinajstić information content (AvgIpc) is 2.38. The maximum atomic E-state index is 11.3. The topological polar surface area (TPSA) is 91.7 Å². The molecule has 6 heteroatoms. The largest absolute Gasteiger partial charge is 0.464 e. The van der Waals surface area contributed by atoms with Crippen LogP contribution in [-0.4, -0.2) is 47.0 Å². The Hall–Kier alpha value is -1.66. The first-order chi connectivity index (χ1) is 8.04. The van der Waals surface area contributed by atoms with Crippen LogP contribution in [0.2, 0.25) is 0 Å². The van der Waals surface area contributed by atoms with E-state index in [0.717, 1.165) is 0 Å². The van der Waals surface area contributed by atoms with Crippen molar-refractivity contribution in [2.45, 2.75) is 12.5 Å². The molecule has 0 radical (unpaired) electrons. The highest BCUT2D eigenvalue weighted by Gasteiger charge is 2.22. The lowest BCUT2D eigenvalue weighted by Gasteiger charge is -2.27. The van der Waals surface area contributed by atoms with E-state index in [-0.39, 0.29) is 18.9 Å². The number of carbonyl (C=O) groups is 1. The summed E-state index contributed by atoms with van der Waals surface area (Å²) in [5.74, 6) is -0.539. The molecule has 1 rings (SSSR count). The molecule has 0 amide bonds. The first kappa shape index (κ1) is 13.4. The third kappa shape index (κ3) is 3.40. The number of anilines is 1. The first-order valence-corrected chi connectivity index (χ1v) is 5.09. The number of carbonyl (C=O) groups excluding carboxylic acids is 1. The van der Waals surface area contributed by atoms with Gasteiger partial charge in [-0.2, -0.15) is 0 Å². The molecule has 0 spiro atoms. The van der Waals surface area contributed by atoms with Crippen molar-refractivity contribution in [1.82, 2.24) is 4.98 Å². The number of methoxy groups -OCH3 is 1. The van der Waals surface area contributed by atoms with Crippen LogP contribution in [-0.2, 0) is 4.74 Å². The number of hydrogen-bond acceptors (Lipinski definition) is 6. The van der Waals surface area contributed by atoms with Crippen LogP contribution < -0.4 is 5.32 Å². The molecule has 94 valence electrons. The summed E-state index contributed by atoms with van der Waals surface area (Å²) >= 11 is 0. The minimum Gasteiger partial charge on any atom is -0.464 e. The van der Waals surface area contributed by atoms with Crippen LogP contribution in [0.1, 0.15) is 17.4 Å². The molecule has 0 aliphatic heterocycles. The molecule has 1 aromatic heterocycles. The van der Waals surface area contributed by atoms with E-state index in [4.69, 9.17) is 10.2 Å². The van der Waals surface area contributed by atoms with Crippen LogP contribution in [0, 0.1) is 0 Å². The third-order valence-corrected chi connectivity index (χ3v) is 2.30. The number of pyridine rings is 1. The van der Waals surface area contributed by atoms with Gasteiger partial charge >= 0.3 is 5.97 Å². The molecule has 0 unspecified atom stereocenters. The Morgan fingerprint density at radius 2 is 2.18 bits per heavy atom. The zero-order chi connectivity index (χ0) is 12.9. The maximum absolute atomic E-state index is 11.3. The van der Waals surface area contributed by atoms with Gasteiger partial charge in [-0.05, 0) is 19.1 Å². The molecule has 1 heterocycles. The molecule has 0 atom stereocenters. The van der Waals surface area contributed by atoms with Crippen molar-refractivity contribution in [3.8, 4) is 0 Å². The molecule has 3 N–H and O–H groups in total. The van der Waals surface area contributed by atoms with Gasteiger partial charge in [-0.1, -0.05) is 0 Å². The van der Waals surface area contributed by atoms with Gasteiger partial charge in [0.05, 0.1) is 25.9 Å². The predicted molar refractivity (Wildman–Crippen MR) is 61.8 cm³/mol. The van der Waals surface area contributed by atoms with E-state index in [1.54, 1.807) is 13.0 Å². The monoisotopic (exact) mass is 240 g/mol. The number of hydrogen-bond donors (Lipinski definition) is 3. The van der Waals surface area contributed by atoms with Crippen LogP contribution in [0.15, 0.2) is 18.3 Å². The van der Waals surface area contributed by atoms with Gasteiger partial charge in [0.2, 0.25) is 0 Å². The molecule has 0 bridgehead atoms. The number of aliphatic hydroxyl groups excluding tert-OH is 2. The smallest absolute Gasteiger partial charge is 0.356 e. The molecule has 0 saturated carbocycles. The van der Waals surface area contributed by atoms with Gasteiger partial charge in [-0.15, -0.1) is 0 Å². The molecule has 1 aromatic rings. The minimum atomic E-state index is -0.852. The normalized spacial score (nSPS) is 11.1. The number of aliphatic hydroxyl groups is 2. The van der Waals surface area contributed by atoms with Crippen LogP contribution in [0.3, 0.4) is 0 Å². The quantitative estimate of drug-likeness (QED) is 0.629. The Labute approximate surface area is 99.3 Å². The summed E-state index contributed by atoms with van der Waals surface area (Å²) in [5, 5.41) is 21.2. The Bertz CT molecular complexity index is 391. The van der Waals surface area contributed by atoms with E-state index < -0.39 is 11.5 Å². The first-order valence-electron chi connectivity index (χ1n) is 5.09. The molecule has 0 fully saturated rings. The van der Waals surface area contributed by atoms with Crippen LogP contribution in [0.4, 0.5) is 5.69 Å². The molecule has 17 heavy (non-hydrogen) atoms. The fourth-order valence-corrected chi connectivity index (χ4v) is 1.20. The molecule has 0 aromatic carbocycles. The number of rotatable bonds is 5. The molecule has 6 nitrogen and oxygen atoms in total. The molecular formula is C11H16N2O4. The van der Waals surface area contributed by atoms with Crippen molar-refractivity contribution in [3.05, 3.63) is 24.0 Å². The van der Waals surface area contributed by atoms with Gasteiger partial charge in [0, 0.05) is 11.9 Å². The fourth-order valence-electron chi connectivity index (χ4n) is 1.20. The number of aromatic nitrogens is 1. The summed E-state index contributed by atoms with van der Waals surface area (Å²) in [7, 11) is 1.27. The van der Waals surface area contributed by atoms with Crippen molar-refractivity contribution in [1.29, 1.82) is 0 Å². The van der Waals surface area contributed by atoms with Gasteiger partial charge < -0.3 is 20.3 Å². The Morgan fingerprint density at radius 1 is 1.53 bits per heavy atom. The van der Waals surface area contributed by atoms with E-state index in [9.17, 15) is 4.79 Å². The van der Waals surface area contributed by atoms with Crippen molar-refractivity contribution in [2.24, 2.45) is 0 Å². The second kappa shape index (κ2) is 5.60. The Balaban J connectivity index is 2.89. The average molecular weight is 240 g/mol. The van der Waals surface area contributed by atoms with E-state index >= 15 is 0 Å². The van der Waals surface area contributed by atoms with E-state index in [1.165, 1.54) is 19.4 Å². The summed E-state index contributed by atoms with van der Waals surface area (Å²) < 4.78 is 4.55. The SMILES string of the molecule is COC(=O)c1cc(NC(C)(CO)CO)ccn1. The highest BCUT2D eigenvalue weighted by Crippen LogP contribution is 2.15. The van der Waals surface area contributed by atoms with Crippen LogP contribution >= 0.6 is 0 Å². The van der Waals surface area contributed by atoms with Crippen LogP contribution in [0.25, 0.3) is 0 Å². The molecule has 0 aliphatic rings. The lowest BCUT2D eigenvalue weighted by Crippen LogP contribution is -2.42. The number of ether oxygens (including phenoxy) is 1. The maximum Gasteiger partial charge on any atom is 0.356 e. The summed E-state index contributed by atoms with van der Waals surface area (Å²) in [5.41, 5.74) is -0.115. The fraction of sp³-hybridized carbons (Fsp3) is 0.455. The van der Waals surface area contributed by atoms with E-state index in [0.29, 0.717) is 5.69 Å². The number of nitrogens with one attached hydrogen (secondary N) is 1. The van der Waals surface area contributed by atoms with Gasteiger partial charge in [-0.3, -0.25) is 0 Å². The standard InChI is InChI=1S/C11H16N2O4/c1-11(6-14,7-15)13-8-3-4-12-9(5-8)10(16)17-2/h3-5,14-15H,6-7H2,1-2H3,(H,12,13). The Kier molecular flexibility index (Phi) is 4.42. The van der Waals surface area contributed by atoms with Gasteiger partial charge in [0.1, 0.15) is 5.69 Å². The highest BCUT2D eigenvalue weighted by atomic mass is 16.5. The van der Waals surface area contributed by atoms with E-state index in [1.807, 2.05) is 0 Å². The lowest BCUT2D eigenvalue weighted by molar-refractivity contribution is 0.0594. The summed E-state index contributed by atoms with van der Waals surface area (Å²) in [6.07, 6.45) is 1.45. The van der Waals surface area contributed by atoms with Crippen LogP contribution in [0.5, 0.6) is 0 Å². The van der Waals surface area contributed by atoms with Gasteiger partial charge in [0.25, 0.3) is 0 Å². The second-order valence-electron chi connectivity index (χ2n) is 3.92. The van der Waals surface area contributed by atoms with Gasteiger partial charge in [0.15, 0.2) is 0 Å². The number of nitrogens with zero attached hydrogens (tertiary/aromatic N) is 1.